The number of carbonyl (C=O) groups is 1. The largest absolute Gasteiger partial charge is 0.361 e. The van der Waals surface area contributed by atoms with E-state index >= 15 is 0 Å². The molecule has 0 saturated heterocycles. The molecule has 0 aliphatic heterocycles. The van der Waals surface area contributed by atoms with Crippen molar-refractivity contribution in [2.45, 2.75) is 12.1 Å². The number of hydrogen-bond donors (Lipinski definition) is 3. The van der Waals surface area contributed by atoms with Gasteiger partial charge < -0.3 is 15.6 Å². The van der Waals surface area contributed by atoms with E-state index in [0.29, 0.717) is 23.3 Å². The van der Waals surface area contributed by atoms with Crippen molar-refractivity contribution >= 4 is 29.3 Å². The fraction of sp³-hybridized carbons (Fsp3) is 0.500. The molecule has 1 amide bonds. The maximum absolute atomic E-state index is 11.6. The fourth-order valence-electron chi connectivity index (χ4n) is 1.16. The third kappa shape index (κ3) is 4.04. The number of hydrazine groups is 1. The second-order valence-electron chi connectivity index (χ2n) is 3.53. The second-order valence-corrected chi connectivity index (χ2v) is 4.30. The molecule has 1 aromatic heterocycles. The Morgan fingerprint density at radius 3 is 2.72 bits per heavy atom. The molecule has 0 bridgehead atoms. The van der Waals surface area contributed by atoms with E-state index in [2.05, 4.69) is 20.7 Å². The molecule has 100 valence electrons. The van der Waals surface area contributed by atoms with Crippen LogP contribution in [0.1, 0.15) is 6.92 Å². The standard InChI is InChI=1S/C10H18N6OS/c1-4-16(2)9(17)6-12-7-5-8(15-11)14-10(13-7)18-3/h5H,4,6,11H2,1-3H3,(H2,12,13,14,15). The van der Waals surface area contributed by atoms with Crippen molar-refractivity contribution in [2.75, 3.05) is 37.1 Å². The number of hydrogen-bond acceptors (Lipinski definition) is 7. The van der Waals surface area contributed by atoms with E-state index in [1.807, 2.05) is 13.2 Å². The van der Waals surface area contributed by atoms with E-state index in [9.17, 15) is 4.79 Å². The summed E-state index contributed by atoms with van der Waals surface area (Å²) in [5.74, 6) is 6.40. The van der Waals surface area contributed by atoms with Crippen LogP contribution in [0.25, 0.3) is 0 Å². The van der Waals surface area contributed by atoms with Gasteiger partial charge >= 0.3 is 0 Å². The molecule has 0 unspecified atom stereocenters. The van der Waals surface area contributed by atoms with Gasteiger partial charge in [-0.15, -0.1) is 0 Å². The van der Waals surface area contributed by atoms with Gasteiger partial charge in [0.05, 0.1) is 6.54 Å². The molecule has 0 aliphatic rings. The summed E-state index contributed by atoms with van der Waals surface area (Å²) in [6.07, 6.45) is 1.87. The molecule has 1 heterocycles. The van der Waals surface area contributed by atoms with E-state index in [1.165, 1.54) is 11.8 Å². The quantitative estimate of drug-likeness (QED) is 0.297. The van der Waals surface area contributed by atoms with Crippen molar-refractivity contribution < 1.29 is 4.79 Å². The normalized spacial score (nSPS) is 10.0. The molecule has 0 saturated carbocycles. The van der Waals surface area contributed by atoms with Crippen molar-refractivity contribution in [3.05, 3.63) is 6.07 Å². The zero-order chi connectivity index (χ0) is 13.5. The summed E-state index contributed by atoms with van der Waals surface area (Å²) in [5.41, 5.74) is 2.46. The lowest BCUT2D eigenvalue weighted by atomic mass is 10.4. The molecule has 0 spiro atoms. The second kappa shape index (κ2) is 7.02. The van der Waals surface area contributed by atoms with Gasteiger partial charge in [-0.25, -0.2) is 15.8 Å². The van der Waals surface area contributed by atoms with Crippen LogP contribution >= 0.6 is 11.8 Å². The molecule has 1 rings (SSSR count). The minimum Gasteiger partial charge on any atom is -0.361 e. The average Bonchev–Trinajstić information content (AvgIpc) is 2.43. The maximum Gasteiger partial charge on any atom is 0.241 e. The first-order valence-corrected chi connectivity index (χ1v) is 6.70. The first-order chi connectivity index (χ1) is 8.60. The van der Waals surface area contributed by atoms with Crippen LogP contribution in [-0.4, -0.2) is 47.2 Å². The Kier molecular flexibility index (Phi) is 5.66. The van der Waals surface area contributed by atoms with E-state index in [1.54, 1.807) is 18.0 Å². The smallest absolute Gasteiger partial charge is 0.241 e. The highest BCUT2D eigenvalue weighted by Gasteiger charge is 2.08. The van der Waals surface area contributed by atoms with Crippen molar-refractivity contribution in [1.82, 2.24) is 14.9 Å². The summed E-state index contributed by atoms with van der Waals surface area (Å²) < 4.78 is 0. The number of nitrogen functional groups attached to an aromatic ring is 1. The van der Waals surface area contributed by atoms with Crippen LogP contribution in [0.5, 0.6) is 0 Å². The summed E-state index contributed by atoms with van der Waals surface area (Å²) >= 11 is 1.40. The monoisotopic (exact) mass is 270 g/mol. The number of rotatable bonds is 6. The molecule has 0 aliphatic carbocycles. The molecule has 4 N–H and O–H groups in total. The minimum atomic E-state index is 0.00377. The molecule has 0 fully saturated rings. The van der Waals surface area contributed by atoms with Gasteiger partial charge in [-0.3, -0.25) is 4.79 Å². The van der Waals surface area contributed by atoms with Gasteiger partial charge in [0, 0.05) is 19.7 Å². The van der Waals surface area contributed by atoms with Crippen molar-refractivity contribution in [2.24, 2.45) is 5.84 Å². The summed E-state index contributed by atoms with van der Waals surface area (Å²) in [4.78, 5) is 21.6. The molecule has 18 heavy (non-hydrogen) atoms. The van der Waals surface area contributed by atoms with Gasteiger partial charge in [-0.05, 0) is 13.2 Å². The number of anilines is 2. The van der Waals surface area contributed by atoms with Crippen molar-refractivity contribution in [3.8, 4) is 0 Å². The number of thioether (sulfide) groups is 1. The third-order valence-electron chi connectivity index (χ3n) is 2.36. The van der Waals surface area contributed by atoms with Crippen LogP contribution in [0.2, 0.25) is 0 Å². The Morgan fingerprint density at radius 1 is 1.50 bits per heavy atom. The molecule has 0 radical (unpaired) electrons. The number of carbonyl (C=O) groups excluding carboxylic acids is 1. The number of nitrogens with zero attached hydrogens (tertiary/aromatic N) is 3. The number of nitrogens with two attached hydrogens (primary N) is 1. The summed E-state index contributed by atoms with van der Waals surface area (Å²) in [5, 5.41) is 3.55. The van der Waals surface area contributed by atoms with Crippen LogP contribution in [0, 0.1) is 0 Å². The van der Waals surface area contributed by atoms with Crippen LogP contribution in [0.4, 0.5) is 11.6 Å². The van der Waals surface area contributed by atoms with Gasteiger partial charge in [-0.1, -0.05) is 11.8 Å². The third-order valence-corrected chi connectivity index (χ3v) is 2.90. The Hall–Kier alpha value is -1.54. The summed E-state index contributed by atoms with van der Waals surface area (Å²) in [7, 11) is 1.75. The van der Waals surface area contributed by atoms with E-state index in [4.69, 9.17) is 5.84 Å². The molecule has 0 atom stereocenters. The fourth-order valence-corrected chi connectivity index (χ4v) is 1.54. The average molecular weight is 270 g/mol. The van der Waals surface area contributed by atoms with Crippen LogP contribution in [0.3, 0.4) is 0 Å². The lowest BCUT2D eigenvalue weighted by Crippen LogP contribution is -2.32. The van der Waals surface area contributed by atoms with E-state index in [-0.39, 0.29) is 12.5 Å². The van der Waals surface area contributed by atoms with Crippen LogP contribution in [0.15, 0.2) is 11.2 Å². The summed E-state index contributed by atoms with van der Waals surface area (Å²) in [6.45, 7) is 2.79. The van der Waals surface area contributed by atoms with Gasteiger partial charge in [-0.2, -0.15) is 0 Å². The SMILES string of the molecule is CCN(C)C(=O)CNc1cc(NN)nc(SC)n1. The van der Waals surface area contributed by atoms with E-state index < -0.39 is 0 Å². The molecule has 0 aromatic carbocycles. The Labute approximate surface area is 111 Å². The number of aromatic nitrogens is 2. The van der Waals surface area contributed by atoms with Gasteiger partial charge in [0.1, 0.15) is 11.6 Å². The van der Waals surface area contributed by atoms with E-state index in [0.717, 1.165) is 0 Å². The highest BCUT2D eigenvalue weighted by atomic mass is 32.2. The topological polar surface area (TPSA) is 96.2 Å². The Bertz CT molecular complexity index is 391. The highest BCUT2D eigenvalue weighted by Crippen LogP contribution is 2.16. The Morgan fingerprint density at radius 2 is 2.17 bits per heavy atom. The highest BCUT2D eigenvalue weighted by molar-refractivity contribution is 7.98. The summed E-state index contributed by atoms with van der Waals surface area (Å²) in [6, 6.07) is 1.65. The Balaban J connectivity index is 2.69. The maximum atomic E-state index is 11.6. The number of amides is 1. The predicted molar refractivity (Wildman–Crippen MR) is 73.4 cm³/mol. The minimum absolute atomic E-state index is 0.00377. The lowest BCUT2D eigenvalue weighted by molar-refractivity contribution is -0.127. The molecular formula is C10H18N6OS. The first kappa shape index (κ1) is 14.5. The van der Waals surface area contributed by atoms with Gasteiger partial charge in [0.25, 0.3) is 0 Å². The lowest BCUT2D eigenvalue weighted by Gasteiger charge is -2.15. The van der Waals surface area contributed by atoms with Crippen molar-refractivity contribution in [3.63, 3.8) is 0 Å². The van der Waals surface area contributed by atoms with Crippen LogP contribution < -0.4 is 16.6 Å². The molecule has 7 nitrogen and oxygen atoms in total. The number of nitrogens with one attached hydrogen (secondary N) is 2. The zero-order valence-electron chi connectivity index (χ0n) is 10.7. The molecule has 1 aromatic rings. The van der Waals surface area contributed by atoms with Gasteiger partial charge in [0.2, 0.25) is 5.91 Å². The molecule has 8 heteroatoms. The van der Waals surface area contributed by atoms with Crippen molar-refractivity contribution in [1.29, 1.82) is 0 Å². The van der Waals surface area contributed by atoms with Gasteiger partial charge in [0.15, 0.2) is 5.16 Å². The molecular weight excluding hydrogens is 252 g/mol. The number of likely N-dealkylation sites (N-methyl/N-ethyl adjacent to an activating group) is 1. The predicted octanol–water partition coefficient (Wildman–Crippen LogP) is 0.374. The van der Waals surface area contributed by atoms with Crippen LogP contribution in [-0.2, 0) is 4.79 Å². The first-order valence-electron chi connectivity index (χ1n) is 5.48. The zero-order valence-corrected chi connectivity index (χ0v) is 11.5.